The molecule has 0 aliphatic heterocycles. The van der Waals surface area contributed by atoms with Gasteiger partial charge in [-0.05, 0) is 38.8 Å². The Morgan fingerprint density at radius 3 is 2.40 bits per heavy atom. The van der Waals surface area contributed by atoms with E-state index in [2.05, 4.69) is 48.5 Å². The number of nitrogens with one attached hydrogen (secondary N) is 2. The fourth-order valence-electron chi connectivity index (χ4n) is 1.80. The number of guanidine groups is 1. The minimum absolute atomic E-state index is 0.00726. The lowest BCUT2D eigenvalue weighted by Crippen LogP contribution is -2.47. The van der Waals surface area contributed by atoms with E-state index in [0.29, 0.717) is 6.61 Å². The third-order valence-corrected chi connectivity index (χ3v) is 2.74. The molecule has 0 aromatic heterocycles. The first-order valence-corrected chi connectivity index (χ1v) is 7.09. The summed E-state index contributed by atoms with van der Waals surface area (Å²) in [6, 6.07) is 8.31. The molecule has 0 aliphatic rings. The molecular weight excluding hydrogens is 250 g/mol. The Labute approximate surface area is 122 Å². The van der Waals surface area contributed by atoms with Crippen LogP contribution in [0.3, 0.4) is 0 Å². The zero-order chi connectivity index (χ0) is 15.0. The van der Waals surface area contributed by atoms with E-state index < -0.39 is 0 Å². The van der Waals surface area contributed by atoms with E-state index in [9.17, 15) is 0 Å². The van der Waals surface area contributed by atoms with Crippen LogP contribution in [0.15, 0.2) is 29.3 Å². The van der Waals surface area contributed by atoms with Crippen LogP contribution in [0.25, 0.3) is 0 Å². The molecule has 0 spiro atoms. The SMILES string of the molecule is CCOCc1ccccc1CNC(=NC)NC(C)(C)C. The summed E-state index contributed by atoms with van der Waals surface area (Å²) in [6.45, 7) is 10.5. The Hall–Kier alpha value is -1.55. The molecular formula is C16H27N3O. The van der Waals surface area contributed by atoms with E-state index in [1.54, 1.807) is 7.05 Å². The molecule has 0 bridgehead atoms. The number of nitrogens with zero attached hydrogens (tertiary/aromatic N) is 1. The van der Waals surface area contributed by atoms with Crippen LogP contribution in [0.4, 0.5) is 0 Å². The van der Waals surface area contributed by atoms with Gasteiger partial charge in [0, 0.05) is 25.7 Å². The van der Waals surface area contributed by atoms with Gasteiger partial charge >= 0.3 is 0 Å². The first kappa shape index (κ1) is 16.5. The molecule has 0 heterocycles. The van der Waals surface area contributed by atoms with E-state index in [0.717, 1.165) is 19.1 Å². The zero-order valence-corrected chi connectivity index (χ0v) is 13.3. The topological polar surface area (TPSA) is 45.6 Å². The molecule has 0 amide bonds. The van der Waals surface area contributed by atoms with E-state index in [1.165, 1.54) is 11.1 Å². The van der Waals surface area contributed by atoms with Gasteiger partial charge in [-0.2, -0.15) is 0 Å². The normalized spacial score (nSPS) is 12.3. The van der Waals surface area contributed by atoms with Gasteiger partial charge in [-0.15, -0.1) is 0 Å². The molecule has 112 valence electrons. The monoisotopic (exact) mass is 277 g/mol. The van der Waals surface area contributed by atoms with E-state index >= 15 is 0 Å². The summed E-state index contributed by atoms with van der Waals surface area (Å²) < 4.78 is 5.50. The highest BCUT2D eigenvalue weighted by atomic mass is 16.5. The van der Waals surface area contributed by atoms with Crippen LogP contribution < -0.4 is 10.6 Å². The second-order valence-corrected chi connectivity index (χ2v) is 5.71. The van der Waals surface area contributed by atoms with Gasteiger partial charge in [0.25, 0.3) is 0 Å². The van der Waals surface area contributed by atoms with Gasteiger partial charge in [-0.25, -0.2) is 0 Å². The number of hydrogen-bond donors (Lipinski definition) is 2. The van der Waals surface area contributed by atoms with Crippen molar-refractivity contribution in [2.45, 2.75) is 46.4 Å². The summed E-state index contributed by atoms with van der Waals surface area (Å²) in [7, 11) is 1.78. The van der Waals surface area contributed by atoms with Crippen molar-refractivity contribution in [2.75, 3.05) is 13.7 Å². The van der Waals surface area contributed by atoms with E-state index in [-0.39, 0.29) is 5.54 Å². The summed E-state index contributed by atoms with van der Waals surface area (Å²) in [5.74, 6) is 0.809. The summed E-state index contributed by atoms with van der Waals surface area (Å²) in [5, 5.41) is 6.69. The molecule has 0 aliphatic carbocycles. The van der Waals surface area contributed by atoms with Crippen molar-refractivity contribution in [2.24, 2.45) is 4.99 Å². The molecule has 20 heavy (non-hydrogen) atoms. The van der Waals surface area contributed by atoms with Crippen LogP contribution >= 0.6 is 0 Å². The highest BCUT2D eigenvalue weighted by Gasteiger charge is 2.12. The predicted molar refractivity (Wildman–Crippen MR) is 84.9 cm³/mol. The molecule has 0 saturated heterocycles. The number of hydrogen-bond acceptors (Lipinski definition) is 2. The molecule has 0 saturated carbocycles. The van der Waals surface area contributed by atoms with Crippen LogP contribution in [-0.2, 0) is 17.9 Å². The van der Waals surface area contributed by atoms with Crippen molar-refractivity contribution in [1.29, 1.82) is 0 Å². The van der Waals surface area contributed by atoms with Crippen LogP contribution in [0.2, 0.25) is 0 Å². The fraction of sp³-hybridized carbons (Fsp3) is 0.562. The maximum Gasteiger partial charge on any atom is 0.191 e. The Kier molecular flexibility index (Phi) is 6.52. The van der Waals surface area contributed by atoms with Crippen LogP contribution in [0.5, 0.6) is 0 Å². The van der Waals surface area contributed by atoms with Crippen molar-refractivity contribution in [3.63, 3.8) is 0 Å². The number of rotatable bonds is 5. The van der Waals surface area contributed by atoms with Crippen molar-refractivity contribution < 1.29 is 4.74 Å². The fourth-order valence-corrected chi connectivity index (χ4v) is 1.80. The summed E-state index contributed by atoms with van der Waals surface area (Å²) >= 11 is 0. The molecule has 0 fully saturated rings. The average molecular weight is 277 g/mol. The molecule has 1 aromatic carbocycles. The van der Waals surface area contributed by atoms with Crippen LogP contribution in [0, 0.1) is 0 Å². The van der Waals surface area contributed by atoms with Gasteiger partial charge in [0.1, 0.15) is 0 Å². The number of aliphatic imine (C=N–C) groups is 1. The molecule has 4 heteroatoms. The number of ether oxygens (including phenoxy) is 1. The van der Waals surface area contributed by atoms with Crippen LogP contribution in [0.1, 0.15) is 38.8 Å². The third kappa shape index (κ3) is 6.06. The first-order valence-electron chi connectivity index (χ1n) is 7.09. The minimum atomic E-state index is -0.00726. The van der Waals surface area contributed by atoms with Gasteiger partial charge in [-0.3, -0.25) is 4.99 Å². The first-order chi connectivity index (χ1) is 9.46. The lowest BCUT2D eigenvalue weighted by atomic mass is 10.1. The van der Waals surface area contributed by atoms with Crippen molar-refractivity contribution in [3.05, 3.63) is 35.4 Å². The Morgan fingerprint density at radius 1 is 1.20 bits per heavy atom. The molecule has 1 aromatic rings. The maximum atomic E-state index is 5.50. The quantitative estimate of drug-likeness (QED) is 0.642. The average Bonchev–Trinajstić information content (AvgIpc) is 2.40. The largest absolute Gasteiger partial charge is 0.377 e. The lowest BCUT2D eigenvalue weighted by Gasteiger charge is -2.24. The van der Waals surface area contributed by atoms with Crippen molar-refractivity contribution in [1.82, 2.24) is 10.6 Å². The standard InChI is InChI=1S/C16H27N3O/c1-6-20-12-14-10-8-7-9-13(14)11-18-15(17-5)19-16(2,3)4/h7-10H,6,11-12H2,1-5H3,(H2,17,18,19). The molecule has 0 radical (unpaired) electrons. The van der Waals surface area contributed by atoms with Crippen molar-refractivity contribution in [3.8, 4) is 0 Å². The maximum absolute atomic E-state index is 5.50. The lowest BCUT2D eigenvalue weighted by molar-refractivity contribution is 0.133. The van der Waals surface area contributed by atoms with Crippen molar-refractivity contribution >= 4 is 5.96 Å². The van der Waals surface area contributed by atoms with Gasteiger partial charge in [0.05, 0.1) is 6.61 Å². The third-order valence-electron chi connectivity index (χ3n) is 2.74. The second-order valence-electron chi connectivity index (χ2n) is 5.71. The number of benzene rings is 1. The Balaban J connectivity index is 2.64. The molecule has 0 atom stereocenters. The highest BCUT2D eigenvalue weighted by Crippen LogP contribution is 2.10. The summed E-state index contributed by atoms with van der Waals surface area (Å²) in [6.07, 6.45) is 0. The van der Waals surface area contributed by atoms with E-state index in [4.69, 9.17) is 4.74 Å². The molecule has 2 N–H and O–H groups in total. The molecule has 4 nitrogen and oxygen atoms in total. The van der Waals surface area contributed by atoms with Gasteiger partial charge in [0.15, 0.2) is 5.96 Å². The highest BCUT2D eigenvalue weighted by molar-refractivity contribution is 5.80. The van der Waals surface area contributed by atoms with Crippen LogP contribution in [-0.4, -0.2) is 25.2 Å². The van der Waals surface area contributed by atoms with E-state index in [1.807, 2.05) is 19.1 Å². The summed E-state index contributed by atoms with van der Waals surface area (Å²) in [5.41, 5.74) is 2.44. The molecule has 1 rings (SSSR count). The van der Waals surface area contributed by atoms with Gasteiger partial charge in [-0.1, -0.05) is 24.3 Å². The zero-order valence-electron chi connectivity index (χ0n) is 13.3. The van der Waals surface area contributed by atoms with Gasteiger partial charge < -0.3 is 15.4 Å². The Morgan fingerprint density at radius 2 is 1.85 bits per heavy atom. The van der Waals surface area contributed by atoms with Gasteiger partial charge in [0.2, 0.25) is 0 Å². The second kappa shape index (κ2) is 7.90. The molecule has 0 unspecified atom stereocenters. The Bertz CT molecular complexity index is 436. The summed E-state index contributed by atoms with van der Waals surface area (Å²) in [4.78, 5) is 4.24. The smallest absolute Gasteiger partial charge is 0.191 e. The predicted octanol–water partition coefficient (Wildman–Crippen LogP) is 2.69. The minimum Gasteiger partial charge on any atom is -0.377 e.